The van der Waals surface area contributed by atoms with Gasteiger partial charge in [0.15, 0.2) is 5.82 Å². The van der Waals surface area contributed by atoms with Crippen molar-refractivity contribution in [2.75, 3.05) is 12.0 Å². The lowest BCUT2D eigenvalue weighted by atomic mass is 9.94. The molecule has 1 aromatic heterocycles. The van der Waals surface area contributed by atoms with E-state index in [1.807, 2.05) is 0 Å². The van der Waals surface area contributed by atoms with Crippen LogP contribution >= 0.6 is 0 Å². The summed E-state index contributed by atoms with van der Waals surface area (Å²) in [5.74, 6) is -1.27. The Kier molecular flexibility index (Phi) is 5.42. The lowest BCUT2D eigenvalue weighted by Gasteiger charge is -2.22. The maximum absolute atomic E-state index is 13.1. The van der Waals surface area contributed by atoms with Gasteiger partial charge in [-0.3, -0.25) is 24.6 Å². The summed E-state index contributed by atoms with van der Waals surface area (Å²) in [6, 6.07) is 10.6. The second-order valence-electron chi connectivity index (χ2n) is 7.50. The van der Waals surface area contributed by atoms with Crippen LogP contribution in [0.25, 0.3) is 5.76 Å². The minimum absolute atomic E-state index is 0.0519. The molecule has 1 aliphatic rings. The number of ether oxygens (including phenoxy) is 1. The number of methoxy groups -OCH3 is 1. The van der Waals surface area contributed by atoms with Crippen LogP contribution in [0.4, 0.5) is 11.5 Å². The summed E-state index contributed by atoms with van der Waals surface area (Å²) in [7, 11) is 1.51. The first-order valence-electron chi connectivity index (χ1n) is 9.86. The number of carbonyl (C=O) groups is 2. The molecule has 2 aromatic carbocycles. The summed E-state index contributed by atoms with van der Waals surface area (Å²) in [6.07, 6.45) is 0. The zero-order valence-corrected chi connectivity index (χ0v) is 17.9. The third-order valence-corrected chi connectivity index (χ3v) is 5.37. The molecule has 2 heterocycles. The summed E-state index contributed by atoms with van der Waals surface area (Å²) in [6.45, 7) is 3.39. The second kappa shape index (κ2) is 8.23. The molecule has 0 spiro atoms. The number of amides is 1. The third kappa shape index (κ3) is 3.71. The molecule has 0 radical (unpaired) electrons. The fourth-order valence-electron chi connectivity index (χ4n) is 3.84. The van der Waals surface area contributed by atoms with Crippen LogP contribution in [0, 0.1) is 24.0 Å². The highest BCUT2D eigenvalue weighted by Crippen LogP contribution is 2.42. The van der Waals surface area contributed by atoms with Gasteiger partial charge >= 0.3 is 5.91 Å². The van der Waals surface area contributed by atoms with Gasteiger partial charge in [-0.15, -0.1) is 0 Å². The van der Waals surface area contributed by atoms with Gasteiger partial charge in [-0.2, -0.15) is 0 Å². The van der Waals surface area contributed by atoms with Crippen LogP contribution in [-0.4, -0.2) is 34.0 Å². The number of Topliss-reactive ketones (excluding diaryl/α,β-unsaturated/α-hetero) is 1. The molecule has 1 saturated heterocycles. The lowest BCUT2D eigenvalue weighted by Crippen LogP contribution is -2.29. The molecular weight excluding hydrogens is 430 g/mol. The Labute approximate surface area is 187 Å². The summed E-state index contributed by atoms with van der Waals surface area (Å²) < 4.78 is 10.3. The Balaban J connectivity index is 1.96. The van der Waals surface area contributed by atoms with Crippen molar-refractivity contribution in [1.82, 2.24) is 5.16 Å². The molecule has 1 unspecified atom stereocenters. The van der Waals surface area contributed by atoms with Crippen LogP contribution in [0.1, 0.15) is 28.5 Å². The smallest absolute Gasteiger partial charge is 0.301 e. The zero-order chi connectivity index (χ0) is 23.9. The Hall–Kier alpha value is -4.47. The largest absolute Gasteiger partial charge is 0.507 e. The van der Waals surface area contributed by atoms with E-state index < -0.39 is 28.4 Å². The SMILES string of the molecule is COc1ccc(C(O)=C2C(=O)C(=O)N(c3cc(C)on3)C2c2cccc([N+](=O)[O-])c2)cc1C. The van der Waals surface area contributed by atoms with Crippen LogP contribution in [0.15, 0.2) is 58.6 Å². The van der Waals surface area contributed by atoms with Crippen molar-refractivity contribution in [3.8, 4) is 5.75 Å². The van der Waals surface area contributed by atoms with Gasteiger partial charge in [0.1, 0.15) is 17.3 Å². The molecular formula is C23H19N3O7. The number of benzene rings is 2. The predicted octanol–water partition coefficient (Wildman–Crippen LogP) is 3.83. The maximum Gasteiger partial charge on any atom is 0.301 e. The van der Waals surface area contributed by atoms with Gasteiger partial charge in [-0.25, -0.2) is 0 Å². The van der Waals surface area contributed by atoms with E-state index >= 15 is 0 Å². The van der Waals surface area contributed by atoms with E-state index in [2.05, 4.69) is 5.16 Å². The number of anilines is 1. The third-order valence-electron chi connectivity index (χ3n) is 5.37. The molecule has 10 nitrogen and oxygen atoms in total. The van der Waals surface area contributed by atoms with Crippen LogP contribution in [0.2, 0.25) is 0 Å². The predicted molar refractivity (Wildman–Crippen MR) is 117 cm³/mol. The first-order chi connectivity index (χ1) is 15.7. The molecule has 3 aromatic rings. The molecule has 33 heavy (non-hydrogen) atoms. The first kappa shape index (κ1) is 21.8. The number of rotatable bonds is 5. The van der Waals surface area contributed by atoms with Gasteiger partial charge in [0.2, 0.25) is 0 Å². The minimum atomic E-state index is -1.16. The van der Waals surface area contributed by atoms with Gasteiger partial charge in [-0.05, 0) is 43.2 Å². The normalized spacial score (nSPS) is 17.4. The van der Waals surface area contributed by atoms with Gasteiger partial charge < -0.3 is 14.4 Å². The number of nitrogens with zero attached hydrogens (tertiary/aromatic N) is 3. The molecule has 0 bridgehead atoms. The van der Waals surface area contributed by atoms with Crippen molar-refractivity contribution >= 4 is 29.0 Å². The number of non-ortho nitro benzene ring substituents is 1. The quantitative estimate of drug-likeness (QED) is 0.204. The van der Waals surface area contributed by atoms with E-state index in [0.29, 0.717) is 17.1 Å². The number of nitro benzene ring substituents is 1. The Morgan fingerprint density at radius 2 is 1.94 bits per heavy atom. The van der Waals surface area contributed by atoms with Gasteiger partial charge in [0.05, 0.1) is 23.6 Å². The molecule has 1 fully saturated rings. The van der Waals surface area contributed by atoms with E-state index in [9.17, 15) is 24.8 Å². The fraction of sp³-hybridized carbons (Fsp3) is 0.174. The van der Waals surface area contributed by atoms with Crippen LogP contribution in [-0.2, 0) is 9.59 Å². The molecule has 168 valence electrons. The molecule has 10 heteroatoms. The average Bonchev–Trinajstić information content (AvgIpc) is 3.34. The fourth-order valence-corrected chi connectivity index (χ4v) is 3.84. The van der Waals surface area contributed by atoms with E-state index in [-0.39, 0.29) is 28.2 Å². The molecule has 0 saturated carbocycles. The topological polar surface area (TPSA) is 136 Å². The Bertz CT molecular complexity index is 1330. The highest BCUT2D eigenvalue weighted by molar-refractivity contribution is 6.51. The number of aliphatic hydroxyl groups excluding tert-OH is 1. The van der Waals surface area contributed by atoms with Crippen LogP contribution in [0.5, 0.6) is 5.75 Å². The number of aryl methyl sites for hydroxylation is 2. The molecule has 4 rings (SSSR count). The second-order valence-corrected chi connectivity index (χ2v) is 7.50. The van der Waals surface area contributed by atoms with Crippen molar-refractivity contribution in [3.63, 3.8) is 0 Å². The Morgan fingerprint density at radius 1 is 1.18 bits per heavy atom. The van der Waals surface area contributed by atoms with E-state index in [1.54, 1.807) is 32.0 Å². The van der Waals surface area contributed by atoms with Crippen LogP contribution < -0.4 is 9.64 Å². The number of nitro groups is 1. The van der Waals surface area contributed by atoms with E-state index in [0.717, 1.165) is 4.90 Å². The number of hydrogen-bond acceptors (Lipinski definition) is 8. The van der Waals surface area contributed by atoms with Crippen molar-refractivity contribution < 1.29 is 28.9 Å². The summed E-state index contributed by atoms with van der Waals surface area (Å²) in [4.78, 5) is 38.0. The van der Waals surface area contributed by atoms with Gasteiger partial charge in [0, 0.05) is 23.8 Å². The van der Waals surface area contributed by atoms with Crippen LogP contribution in [0.3, 0.4) is 0 Å². The van der Waals surface area contributed by atoms with Gasteiger partial charge in [-0.1, -0.05) is 17.3 Å². The van der Waals surface area contributed by atoms with E-state index in [1.165, 1.54) is 37.4 Å². The number of ketones is 1. The summed E-state index contributed by atoms with van der Waals surface area (Å²) >= 11 is 0. The van der Waals surface area contributed by atoms with Crippen molar-refractivity contribution in [2.24, 2.45) is 0 Å². The molecule has 1 amide bonds. The molecule has 0 aliphatic carbocycles. The van der Waals surface area contributed by atoms with Crippen molar-refractivity contribution in [3.05, 3.63) is 86.7 Å². The van der Waals surface area contributed by atoms with Crippen molar-refractivity contribution in [2.45, 2.75) is 19.9 Å². The van der Waals surface area contributed by atoms with Gasteiger partial charge in [0.25, 0.3) is 11.5 Å². The zero-order valence-electron chi connectivity index (χ0n) is 17.9. The summed E-state index contributed by atoms with van der Waals surface area (Å²) in [5, 5.41) is 26.3. The number of hydrogen-bond donors (Lipinski definition) is 1. The summed E-state index contributed by atoms with van der Waals surface area (Å²) in [5.41, 5.74) is 0.809. The maximum atomic E-state index is 13.1. The number of aromatic nitrogens is 1. The monoisotopic (exact) mass is 449 g/mol. The number of carbonyl (C=O) groups excluding carboxylic acids is 2. The number of aliphatic hydroxyl groups is 1. The lowest BCUT2D eigenvalue weighted by molar-refractivity contribution is -0.384. The first-order valence-corrected chi connectivity index (χ1v) is 9.86. The molecule has 1 N–H and O–H groups in total. The molecule has 1 atom stereocenters. The molecule has 1 aliphatic heterocycles. The minimum Gasteiger partial charge on any atom is -0.507 e. The Morgan fingerprint density at radius 3 is 2.55 bits per heavy atom. The average molecular weight is 449 g/mol. The highest BCUT2D eigenvalue weighted by atomic mass is 16.6. The highest BCUT2D eigenvalue weighted by Gasteiger charge is 2.48. The standard InChI is InChI=1S/C23H19N3O7/c1-12-9-15(7-8-17(12)32-3)21(27)19-20(14-5-4-6-16(11-14)26(30)31)25(23(29)22(19)28)18-10-13(2)33-24-18/h4-11,20,27H,1-3H3. The van der Waals surface area contributed by atoms with E-state index in [4.69, 9.17) is 9.26 Å². The van der Waals surface area contributed by atoms with Crippen molar-refractivity contribution in [1.29, 1.82) is 0 Å².